The van der Waals surface area contributed by atoms with Crippen LogP contribution in [0, 0.1) is 0 Å². The quantitative estimate of drug-likeness (QED) is 0.754. The van der Waals surface area contributed by atoms with Crippen LogP contribution in [0.5, 0.6) is 0 Å². The van der Waals surface area contributed by atoms with Crippen LogP contribution in [-0.2, 0) is 9.31 Å². The number of hydrogen-bond donors (Lipinski definition) is 0. The predicted octanol–water partition coefficient (Wildman–Crippen LogP) is 2.26. The third kappa shape index (κ3) is 1.97. The summed E-state index contributed by atoms with van der Waals surface area (Å²) in [6.45, 7) is 7.67. The van der Waals surface area contributed by atoms with Crippen LogP contribution >= 0.6 is 0 Å². The Morgan fingerprint density at radius 1 is 1.28 bits per heavy atom. The van der Waals surface area contributed by atoms with E-state index in [2.05, 4.69) is 4.98 Å². The molecule has 3 nitrogen and oxygen atoms in total. The van der Waals surface area contributed by atoms with E-state index in [1.54, 1.807) is 12.1 Å². The van der Waals surface area contributed by atoms with Crippen molar-refractivity contribution in [2.45, 2.75) is 57.5 Å². The monoisotopic (exact) mass is 250 g/mol. The normalized spacial score (nSPS) is 36.9. The molecule has 0 unspecified atom stereocenters. The van der Waals surface area contributed by atoms with E-state index in [1.807, 2.05) is 27.7 Å². The van der Waals surface area contributed by atoms with Gasteiger partial charge in [0.05, 0.1) is 16.8 Å². The maximum Gasteiger partial charge on any atom is 0.514 e. The van der Waals surface area contributed by atoms with Crippen LogP contribution in [0.25, 0.3) is 0 Å². The van der Waals surface area contributed by atoms with Gasteiger partial charge in [0.25, 0.3) is 0 Å². The first-order valence-corrected chi connectivity index (χ1v) is 6.11. The van der Waals surface area contributed by atoms with Crippen LogP contribution in [0.2, 0.25) is 0 Å². The van der Waals surface area contributed by atoms with E-state index in [0.717, 1.165) is 0 Å². The zero-order valence-electron chi connectivity index (χ0n) is 16.1. The Balaban J connectivity index is 1.95. The van der Waals surface area contributed by atoms with E-state index in [-0.39, 0.29) is 5.69 Å². The highest BCUT2D eigenvalue weighted by Gasteiger charge is 2.52. The molecule has 0 atom stereocenters. The van der Waals surface area contributed by atoms with E-state index in [1.165, 1.54) is 6.07 Å². The van der Waals surface area contributed by atoms with Crippen molar-refractivity contribution >= 4 is 12.7 Å². The molecule has 0 radical (unpaired) electrons. The van der Waals surface area contributed by atoms with Crippen molar-refractivity contribution in [2.75, 3.05) is 0 Å². The van der Waals surface area contributed by atoms with Crippen molar-refractivity contribution in [3.63, 3.8) is 0 Å². The van der Waals surface area contributed by atoms with Crippen LogP contribution in [0.1, 0.15) is 58.9 Å². The van der Waals surface area contributed by atoms with Gasteiger partial charge in [-0.25, -0.2) is 0 Å². The van der Waals surface area contributed by atoms with Crippen LogP contribution in [0.4, 0.5) is 0 Å². The molecule has 0 aromatic carbocycles. The average molecular weight is 250 g/mol. The van der Waals surface area contributed by atoms with Gasteiger partial charge in [0.1, 0.15) is 0 Å². The fraction of sp³-hybridized carbons (Fsp3) is 0.643. The highest BCUT2D eigenvalue weighted by Crippen LogP contribution is 2.39. The first-order chi connectivity index (χ1) is 10.3. The van der Waals surface area contributed by atoms with E-state index >= 15 is 0 Å². The molecule has 0 bridgehead atoms. The van der Waals surface area contributed by atoms with E-state index < -0.39 is 37.0 Å². The van der Waals surface area contributed by atoms with Crippen molar-refractivity contribution < 1.29 is 16.2 Å². The van der Waals surface area contributed by atoms with E-state index in [0.29, 0.717) is 5.59 Å². The first-order valence-electron chi connectivity index (χ1n) is 8.61. The van der Waals surface area contributed by atoms with Crippen LogP contribution in [-0.4, -0.2) is 23.3 Å². The minimum absolute atomic E-state index is 0.0553. The van der Waals surface area contributed by atoms with Crippen molar-refractivity contribution in [2.24, 2.45) is 0 Å². The van der Waals surface area contributed by atoms with Gasteiger partial charge in [-0.05, 0) is 52.6 Å². The van der Waals surface area contributed by atoms with Gasteiger partial charge in [-0.1, -0.05) is 6.07 Å². The van der Waals surface area contributed by atoms with Crippen LogP contribution in [0.15, 0.2) is 18.2 Å². The van der Waals surface area contributed by atoms with Crippen molar-refractivity contribution in [3.05, 3.63) is 23.9 Å². The molecule has 96 valence electrons. The van der Waals surface area contributed by atoms with Gasteiger partial charge in [0.15, 0.2) is 0 Å². The van der Waals surface area contributed by atoms with E-state index in [4.69, 9.17) is 16.2 Å². The molecule has 1 aliphatic carbocycles. The third-order valence-electron chi connectivity index (χ3n) is 3.77. The Kier molecular flexibility index (Phi) is 1.62. The minimum Gasteiger partial charge on any atom is -0.398 e. The van der Waals surface area contributed by atoms with Crippen molar-refractivity contribution in [1.29, 1.82) is 0 Å². The Labute approximate surface area is 116 Å². The molecular formula is C14H20BNO2. The number of nitrogens with zero attached hydrogens (tertiary/aromatic N) is 1. The summed E-state index contributed by atoms with van der Waals surface area (Å²) in [4.78, 5) is 4.29. The smallest absolute Gasteiger partial charge is 0.398 e. The molecule has 1 aliphatic heterocycles. The Morgan fingerprint density at radius 3 is 2.44 bits per heavy atom. The molecule has 1 saturated carbocycles. The second-order valence-electron chi connectivity index (χ2n) is 5.66. The van der Waals surface area contributed by atoms with Gasteiger partial charge < -0.3 is 9.31 Å². The summed E-state index contributed by atoms with van der Waals surface area (Å²) < 4.78 is 51.0. The highest BCUT2D eigenvalue weighted by atomic mass is 16.7. The van der Waals surface area contributed by atoms with Gasteiger partial charge >= 0.3 is 7.12 Å². The zero-order valence-corrected chi connectivity index (χ0v) is 11.1. The Bertz CT molecular complexity index is 634. The fourth-order valence-corrected chi connectivity index (χ4v) is 1.85. The molecule has 0 spiro atoms. The molecule has 0 amide bonds. The minimum atomic E-state index is -2.28. The topological polar surface area (TPSA) is 31.4 Å². The van der Waals surface area contributed by atoms with Gasteiger partial charge in [-0.15, -0.1) is 0 Å². The molecule has 2 fully saturated rings. The largest absolute Gasteiger partial charge is 0.514 e. The van der Waals surface area contributed by atoms with Gasteiger partial charge in [0, 0.05) is 18.4 Å². The molecular weight excluding hydrogens is 225 g/mol. The molecule has 0 N–H and O–H groups in total. The Hall–Kier alpha value is -0.865. The number of pyridine rings is 1. The summed E-state index contributed by atoms with van der Waals surface area (Å²) in [6.07, 6.45) is -4.55. The van der Waals surface area contributed by atoms with E-state index in [9.17, 15) is 0 Å². The lowest BCUT2D eigenvalue weighted by atomic mass is 9.84. The summed E-state index contributed by atoms with van der Waals surface area (Å²) >= 11 is 0. The fourth-order valence-electron chi connectivity index (χ4n) is 1.85. The molecule has 2 heterocycles. The maximum atomic E-state index is 8.22. The molecule has 4 heteroatoms. The van der Waals surface area contributed by atoms with Gasteiger partial charge in [-0.3, -0.25) is 4.98 Å². The number of aromatic nitrogens is 1. The highest BCUT2D eigenvalue weighted by molar-refractivity contribution is 6.61. The van der Waals surface area contributed by atoms with Gasteiger partial charge in [0.2, 0.25) is 0 Å². The summed E-state index contributed by atoms with van der Waals surface area (Å²) in [5.41, 5.74) is -0.584. The summed E-state index contributed by atoms with van der Waals surface area (Å²) in [5, 5.41) is 0. The zero-order chi connectivity index (χ0) is 17.5. The van der Waals surface area contributed by atoms with Crippen molar-refractivity contribution in [3.8, 4) is 0 Å². The molecule has 18 heavy (non-hydrogen) atoms. The van der Waals surface area contributed by atoms with Gasteiger partial charge in [-0.2, -0.15) is 0 Å². The first kappa shape index (κ1) is 7.66. The molecule has 3 rings (SSSR count). The number of hydrogen-bond acceptors (Lipinski definition) is 3. The molecule has 1 aromatic heterocycles. The maximum absolute atomic E-state index is 8.22. The lowest BCUT2D eigenvalue weighted by molar-refractivity contribution is 0.00578. The molecule has 1 saturated heterocycles. The summed E-state index contributed by atoms with van der Waals surface area (Å²) in [5.74, 6) is -2.01. The van der Waals surface area contributed by atoms with Crippen molar-refractivity contribution in [1.82, 2.24) is 4.98 Å². The second kappa shape index (κ2) is 3.81. The SMILES string of the molecule is [2H]C1([2H])C([2H])([2H])C1([2H])c1cccc(B2OC(C)(C)C(C)(C)O2)n1. The number of rotatable bonds is 2. The molecule has 1 aromatic rings. The predicted molar refractivity (Wildman–Crippen MR) is 71.9 cm³/mol. The average Bonchev–Trinajstić information content (AvgIpc) is 2.63. The summed E-state index contributed by atoms with van der Waals surface area (Å²) in [6, 6.07) is 4.79. The lowest BCUT2D eigenvalue weighted by Crippen LogP contribution is -2.41. The third-order valence-corrected chi connectivity index (χ3v) is 3.77. The van der Waals surface area contributed by atoms with Crippen LogP contribution in [0.3, 0.4) is 0 Å². The molecule has 2 aliphatic rings. The van der Waals surface area contributed by atoms with Crippen LogP contribution < -0.4 is 5.59 Å². The summed E-state index contributed by atoms with van der Waals surface area (Å²) in [7, 11) is -0.723. The Morgan fingerprint density at radius 2 is 1.89 bits per heavy atom. The standard InChI is InChI=1S/C14H20BNO2/c1-13(2)14(3,4)18-15(17-13)12-7-5-6-11(16-12)10-8-9-10/h5-7,10H,8-9H2,1-4H3/i8D2,9D2,10D. The second-order valence-corrected chi connectivity index (χ2v) is 5.66. The lowest BCUT2D eigenvalue weighted by Gasteiger charge is -2.32.